The minimum atomic E-state index is -0.921. The van der Waals surface area contributed by atoms with Crippen LogP contribution in [0.5, 0.6) is 0 Å². The van der Waals surface area contributed by atoms with Gasteiger partial charge in [-0.05, 0) is 24.6 Å². The minimum Gasteiger partial charge on any atom is -0.478 e. The van der Waals surface area contributed by atoms with E-state index in [1.807, 2.05) is 17.6 Å². The summed E-state index contributed by atoms with van der Waals surface area (Å²) in [5.41, 5.74) is 1.83. The van der Waals surface area contributed by atoms with Gasteiger partial charge in [-0.25, -0.2) is 4.79 Å². The fourth-order valence-corrected chi connectivity index (χ4v) is 1.82. The monoisotopic (exact) mass is 231 g/mol. The second kappa shape index (κ2) is 4.37. The molecule has 0 aliphatic rings. The number of aromatic nitrogens is 3. The number of benzene rings is 1. The molecular formula is C12H13N3O2. The van der Waals surface area contributed by atoms with Gasteiger partial charge in [0, 0.05) is 6.42 Å². The van der Waals surface area contributed by atoms with Crippen molar-refractivity contribution in [2.24, 2.45) is 0 Å². The molecule has 88 valence electrons. The first-order valence-corrected chi connectivity index (χ1v) is 5.37. The Labute approximate surface area is 98.7 Å². The normalized spacial score (nSPS) is 10.5. The first-order chi connectivity index (χ1) is 8.15. The van der Waals surface area contributed by atoms with Crippen LogP contribution >= 0.6 is 0 Å². The highest BCUT2D eigenvalue weighted by Crippen LogP contribution is 2.19. The fourth-order valence-electron chi connectivity index (χ4n) is 1.82. The molecule has 0 aliphatic carbocycles. The number of hydrogen-bond donors (Lipinski definition) is 1. The Hall–Kier alpha value is -2.17. The molecule has 0 spiro atoms. The number of aryl methyl sites for hydroxylation is 1. The third-order valence-corrected chi connectivity index (χ3v) is 2.73. The molecule has 1 heterocycles. The lowest BCUT2D eigenvalue weighted by Crippen LogP contribution is -2.06. The lowest BCUT2D eigenvalue weighted by Gasteiger charge is -2.10. The number of nitrogens with zero attached hydrogens (tertiary/aromatic N) is 3. The zero-order chi connectivity index (χ0) is 12.4. The van der Waals surface area contributed by atoms with Crippen molar-refractivity contribution in [3.63, 3.8) is 0 Å². The van der Waals surface area contributed by atoms with Gasteiger partial charge in [0.1, 0.15) is 12.2 Å². The van der Waals surface area contributed by atoms with Crippen LogP contribution in [0.2, 0.25) is 0 Å². The summed E-state index contributed by atoms with van der Waals surface area (Å²) in [5, 5.41) is 16.9. The van der Waals surface area contributed by atoms with Crippen LogP contribution in [0.4, 0.5) is 0 Å². The molecule has 0 atom stereocenters. The number of aromatic carboxylic acids is 1. The molecule has 0 bridgehead atoms. The molecule has 5 nitrogen and oxygen atoms in total. The zero-order valence-electron chi connectivity index (χ0n) is 9.71. The van der Waals surface area contributed by atoms with Gasteiger partial charge in [0.05, 0.1) is 11.3 Å². The minimum absolute atomic E-state index is 0.304. The zero-order valence-corrected chi connectivity index (χ0v) is 9.71. The maximum atomic E-state index is 11.1. The van der Waals surface area contributed by atoms with Crippen LogP contribution in [0, 0.1) is 6.92 Å². The number of rotatable bonds is 3. The van der Waals surface area contributed by atoms with Gasteiger partial charge >= 0.3 is 5.97 Å². The molecule has 0 fully saturated rings. The van der Waals surface area contributed by atoms with E-state index in [0.29, 0.717) is 5.56 Å². The van der Waals surface area contributed by atoms with Gasteiger partial charge in [-0.3, -0.25) is 4.57 Å². The van der Waals surface area contributed by atoms with Gasteiger partial charge in [-0.2, -0.15) is 0 Å². The summed E-state index contributed by atoms with van der Waals surface area (Å²) in [6.07, 6.45) is 2.35. The summed E-state index contributed by atoms with van der Waals surface area (Å²) in [4.78, 5) is 11.1. The van der Waals surface area contributed by atoms with E-state index in [0.717, 1.165) is 23.5 Å². The summed E-state index contributed by atoms with van der Waals surface area (Å²) in [5.74, 6) is -0.105. The molecule has 0 unspecified atom stereocenters. The van der Waals surface area contributed by atoms with Crippen molar-refractivity contribution < 1.29 is 9.90 Å². The van der Waals surface area contributed by atoms with Crippen molar-refractivity contribution in [3.05, 3.63) is 41.5 Å². The Morgan fingerprint density at radius 3 is 2.88 bits per heavy atom. The predicted molar refractivity (Wildman–Crippen MR) is 62.4 cm³/mol. The van der Waals surface area contributed by atoms with Gasteiger partial charge in [0.15, 0.2) is 0 Å². The smallest absolute Gasteiger partial charge is 0.336 e. The Morgan fingerprint density at radius 1 is 1.47 bits per heavy atom. The van der Waals surface area contributed by atoms with Crippen molar-refractivity contribution in [1.29, 1.82) is 0 Å². The van der Waals surface area contributed by atoms with Crippen LogP contribution in [0.1, 0.15) is 28.7 Å². The predicted octanol–water partition coefficient (Wildman–Crippen LogP) is 1.84. The van der Waals surface area contributed by atoms with Crippen molar-refractivity contribution in [2.75, 3.05) is 0 Å². The lowest BCUT2D eigenvalue weighted by atomic mass is 10.1. The molecule has 0 aliphatic heterocycles. The molecule has 2 rings (SSSR count). The summed E-state index contributed by atoms with van der Waals surface area (Å²) in [7, 11) is 0. The van der Waals surface area contributed by atoms with Crippen LogP contribution in [0.3, 0.4) is 0 Å². The van der Waals surface area contributed by atoms with Crippen molar-refractivity contribution in [2.45, 2.75) is 20.3 Å². The second-order valence-electron chi connectivity index (χ2n) is 3.73. The van der Waals surface area contributed by atoms with Crippen molar-refractivity contribution >= 4 is 5.97 Å². The van der Waals surface area contributed by atoms with E-state index in [4.69, 9.17) is 5.11 Å². The van der Waals surface area contributed by atoms with Crippen LogP contribution in [0.15, 0.2) is 24.5 Å². The van der Waals surface area contributed by atoms with E-state index in [-0.39, 0.29) is 0 Å². The number of carboxylic acids is 1. The average Bonchev–Trinajstić information content (AvgIpc) is 2.76. The number of carboxylic acid groups (broad SMARTS) is 1. The molecule has 1 N–H and O–H groups in total. The Balaban J connectivity index is 2.60. The fraction of sp³-hybridized carbons (Fsp3) is 0.250. The summed E-state index contributed by atoms with van der Waals surface area (Å²) in [6.45, 7) is 3.77. The molecule has 0 radical (unpaired) electrons. The molecule has 2 aromatic rings. The standard InChI is InChI=1S/C12H13N3O2/c1-3-11-14-13-7-15(11)10-6-4-5-9(8(10)2)12(16)17/h4-7H,3H2,1-2H3,(H,16,17). The first kappa shape index (κ1) is 11.3. The highest BCUT2D eigenvalue weighted by Gasteiger charge is 2.13. The summed E-state index contributed by atoms with van der Waals surface area (Å²) < 4.78 is 1.82. The van der Waals surface area contributed by atoms with Gasteiger partial charge in [-0.1, -0.05) is 13.0 Å². The maximum absolute atomic E-state index is 11.1. The SMILES string of the molecule is CCc1nncn1-c1cccc(C(=O)O)c1C. The van der Waals surface area contributed by atoms with Crippen LogP contribution in [0.25, 0.3) is 5.69 Å². The van der Waals surface area contributed by atoms with Crippen molar-refractivity contribution in [3.8, 4) is 5.69 Å². The third-order valence-electron chi connectivity index (χ3n) is 2.73. The maximum Gasteiger partial charge on any atom is 0.336 e. The molecule has 1 aromatic heterocycles. The van der Waals surface area contributed by atoms with Gasteiger partial charge in [0.25, 0.3) is 0 Å². The van der Waals surface area contributed by atoms with Crippen LogP contribution < -0.4 is 0 Å². The van der Waals surface area contributed by atoms with E-state index in [1.165, 1.54) is 0 Å². The molecule has 0 amide bonds. The highest BCUT2D eigenvalue weighted by atomic mass is 16.4. The molecule has 1 aromatic carbocycles. The molecule has 0 saturated carbocycles. The number of carbonyl (C=O) groups is 1. The lowest BCUT2D eigenvalue weighted by molar-refractivity contribution is 0.0696. The summed E-state index contributed by atoms with van der Waals surface area (Å²) >= 11 is 0. The van der Waals surface area contributed by atoms with Crippen LogP contribution in [-0.2, 0) is 6.42 Å². The van der Waals surface area contributed by atoms with Gasteiger partial charge in [0.2, 0.25) is 0 Å². The topological polar surface area (TPSA) is 68.0 Å². The van der Waals surface area contributed by atoms with E-state index >= 15 is 0 Å². The van der Waals surface area contributed by atoms with E-state index < -0.39 is 5.97 Å². The van der Waals surface area contributed by atoms with Crippen LogP contribution in [-0.4, -0.2) is 25.8 Å². The van der Waals surface area contributed by atoms with E-state index in [2.05, 4.69) is 10.2 Å². The third kappa shape index (κ3) is 1.91. The van der Waals surface area contributed by atoms with Gasteiger partial charge < -0.3 is 5.11 Å². The average molecular weight is 231 g/mol. The first-order valence-electron chi connectivity index (χ1n) is 5.37. The Kier molecular flexibility index (Phi) is 2.91. The van der Waals surface area contributed by atoms with Gasteiger partial charge in [-0.15, -0.1) is 10.2 Å². The highest BCUT2D eigenvalue weighted by molar-refractivity contribution is 5.90. The Bertz CT molecular complexity index is 561. The Morgan fingerprint density at radius 2 is 2.24 bits per heavy atom. The largest absolute Gasteiger partial charge is 0.478 e. The molecule has 17 heavy (non-hydrogen) atoms. The summed E-state index contributed by atoms with van der Waals surface area (Å²) in [6, 6.07) is 5.19. The molecule has 0 saturated heterocycles. The number of hydrogen-bond acceptors (Lipinski definition) is 3. The second-order valence-corrected chi connectivity index (χ2v) is 3.73. The molecular weight excluding hydrogens is 218 g/mol. The quantitative estimate of drug-likeness (QED) is 0.875. The van der Waals surface area contributed by atoms with Crippen molar-refractivity contribution in [1.82, 2.24) is 14.8 Å². The van der Waals surface area contributed by atoms with E-state index in [9.17, 15) is 4.79 Å². The molecule has 5 heteroatoms. The van der Waals surface area contributed by atoms with E-state index in [1.54, 1.807) is 25.4 Å².